The zero-order valence-corrected chi connectivity index (χ0v) is 14.4. The third-order valence-corrected chi connectivity index (χ3v) is 3.48. The van der Waals surface area contributed by atoms with Crippen molar-refractivity contribution in [2.75, 3.05) is 11.9 Å². The van der Waals surface area contributed by atoms with E-state index >= 15 is 0 Å². The van der Waals surface area contributed by atoms with Crippen molar-refractivity contribution in [1.29, 1.82) is 5.26 Å². The Labute approximate surface area is 154 Å². The highest BCUT2D eigenvalue weighted by Crippen LogP contribution is 2.14. The molecule has 0 bridgehead atoms. The molecule has 0 aliphatic carbocycles. The van der Waals surface area contributed by atoms with Gasteiger partial charge in [0.15, 0.2) is 6.10 Å². The number of esters is 1. The van der Waals surface area contributed by atoms with E-state index in [0.717, 1.165) is 12.1 Å². The van der Waals surface area contributed by atoms with Crippen molar-refractivity contribution >= 4 is 23.5 Å². The van der Waals surface area contributed by atoms with Crippen LogP contribution < -0.4 is 10.6 Å². The lowest BCUT2D eigenvalue weighted by Crippen LogP contribution is -2.35. The summed E-state index contributed by atoms with van der Waals surface area (Å²) >= 11 is 0. The number of halogens is 1. The first-order valence-corrected chi connectivity index (χ1v) is 7.94. The first kappa shape index (κ1) is 19.6. The van der Waals surface area contributed by atoms with Gasteiger partial charge >= 0.3 is 5.97 Å². The van der Waals surface area contributed by atoms with Crippen LogP contribution in [0.15, 0.2) is 48.5 Å². The summed E-state index contributed by atoms with van der Waals surface area (Å²) in [4.78, 5) is 35.7. The standard InChI is InChI=1S/C19H16FN3O4/c1-12(18(25)23-16-5-3-2-4-14(16)10-21)27-17(24)11-22-19(26)13-6-8-15(20)9-7-13/h2-9,12H,11H2,1H3,(H,22,26)(H,23,25)/t12-/m1/s1. The fourth-order valence-electron chi connectivity index (χ4n) is 2.07. The van der Waals surface area contributed by atoms with E-state index in [4.69, 9.17) is 10.00 Å². The van der Waals surface area contributed by atoms with E-state index < -0.39 is 36.2 Å². The van der Waals surface area contributed by atoms with Crippen LogP contribution in [0.4, 0.5) is 10.1 Å². The number of benzene rings is 2. The van der Waals surface area contributed by atoms with Gasteiger partial charge in [0.25, 0.3) is 11.8 Å². The fraction of sp³-hybridized carbons (Fsp3) is 0.158. The van der Waals surface area contributed by atoms with Gasteiger partial charge in [-0.3, -0.25) is 14.4 Å². The van der Waals surface area contributed by atoms with Gasteiger partial charge in [0.2, 0.25) is 0 Å². The van der Waals surface area contributed by atoms with Gasteiger partial charge in [-0.2, -0.15) is 5.26 Å². The number of amides is 2. The van der Waals surface area contributed by atoms with E-state index in [0.29, 0.717) is 5.69 Å². The van der Waals surface area contributed by atoms with Crippen LogP contribution in [0.5, 0.6) is 0 Å². The fourth-order valence-corrected chi connectivity index (χ4v) is 2.07. The molecule has 0 spiro atoms. The number of hydrogen-bond donors (Lipinski definition) is 2. The van der Waals surface area contributed by atoms with E-state index in [2.05, 4.69) is 10.6 Å². The molecule has 8 heteroatoms. The Morgan fingerprint density at radius 1 is 1.15 bits per heavy atom. The van der Waals surface area contributed by atoms with Crippen molar-refractivity contribution in [2.24, 2.45) is 0 Å². The van der Waals surface area contributed by atoms with Crippen LogP contribution in [-0.2, 0) is 14.3 Å². The molecule has 0 radical (unpaired) electrons. The topological polar surface area (TPSA) is 108 Å². The Morgan fingerprint density at radius 3 is 2.48 bits per heavy atom. The van der Waals surface area contributed by atoms with Crippen LogP contribution in [0, 0.1) is 17.1 Å². The molecule has 138 valence electrons. The van der Waals surface area contributed by atoms with E-state index in [1.165, 1.54) is 25.1 Å². The number of hydrogen-bond acceptors (Lipinski definition) is 5. The number of nitriles is 1. The summed E-state index contributed by atoms with van der Waals surface area (Å²) in [6.45, 7) is 0.909. The second kappa shape index (κ2) is 9.10. The summed E-state index contributed by atoms with van der Waals surface area (Å²) in [7, 11) is 0. The van der Waals surface area contributed by atoms with Gasteiger partial charge in [-0.15, -0.1) is 0 Å². The average molecular weight is 369 g/mol. The van der Waals surface area contributed by atoms with Crippen molar-refractivity contribution < 1.29 is 23.5 Å². The van der Waals surface area contributed by atoms with Crippen LogP contribution in [0.2, 0.25) is 0 Å². The molecule has 0 saturated heterocycles. The van der Waals surface area contributed by atoms with Gasteiger partial charge in [0.1, 0.15) is 18.4 Å². The molecule has 0 saturated carbocycles. The number of carbonyl (C=O) groups is 3. The summed E-state index contributed by atoms with van der Waals surface area (Å²) in [5.74, 6) is -2.49. The monoisotopic (exact) mass is 369 g/mol. The number of rotatable bonds is 6. The summed E-state index contributed by atoms with van der Waals surface area (Å²) in [5.41, 5.74) is 0.761. The molecule has 0 heterocycles. The lowest BCUT2D eigenvalue weighted by molar-refractivity contribution is -0.152. The van der Waals surface area contributed by atoms with Crippen LogP contribution in [0.25, 0.3) is 0 Å². The van der Waals surface area contributed by atoms with Crippen LogP contribution in [0.1, 0.15) is 22.8 Å². The minimum atomic E-state index is -1.13. The number of nitrogens with one attached hydrogen (secondary N) is 2. The third kappa shape index (κ3) is 5.64. The van der Waals surface area contributed by atoms with E-state index in [1.807, 2.05) is 6.07 Å². The van der Waals surface area contributed by atoms with Crippen molar-refractivity contribution in [1.82, 2.24) is 5.32 Å². The highest BCUT2D eigenvalue weighted by atomic mass is 19.1. The lowest BCUT2D eigenvalue weighted by Gasteiger charge is -2.14. The highest BCUT2D eigenvalue weighted by Gasteiger charge is 2.19. The minimum absolute atomic E-state index is 0.183. The predicted octanol–water partition coefficient (Wildman–Crippen LogP) is 2.00. The van der Waals surface area contributed by atoms with Crippen molar-refractivity contribution in [3.63, 3.8) is 0 Å². The molecule has 2 rings (SSSR count). The minimum Gasteiger partial charge on any atom is -0.451 e. The molecule has 1 atom stereocenters. The zero-order valence-electron chi connectivity index (χ0n) is 14.4. The largest absolute Gasteiger partial charge is 0.451 e. The molecule has 2 aromatic carbocycles. The third-order valence-electron chi connectivity index (χ3n) is 3.48. The van der Waals surface area contributed by atoms with E-state index in [1.54, 1.807) is 18.2 Å². The zero-order chi connectivity index (χ0) is 19.8. The number of carbonyl (C=O) groups excluding carboxylic acids is 3. The molecule has 2 amide bonds. The Hall–Kier alpha value is -3.73. The molecule has 0 unspecified atom stereocenters. The number of ether oxygens (including phenoxy) is 1. The van der Waals surface area contributed by atoms with Gasteiger partial charge < -0.3 is 15.4 Å². The maximum atomic E-state index is 12.8. The lowest BCUT2D eigenvalue weighted by atomic mass is 10.2. The summed E-state index contributed by atoms with van der Waals surface area (Å²) in [6, 6.07) is 13.1. The molecule has 0 aromatic heterocycles. The van der Waals surface area contributed by atoms with Crippen molar-refractivity contribution in [2.45, 2.75) is 13.0 Å². The normalized spacial score (nSPS) is 11.0. The second-order valence-electron chi connectivity index (χ2n) is 5.47. The molecular weight excluding hydrogens is 353 g/mol. The van der Waals surface area contributed by atoms with E-state index in [-0.39, 0.29) is 11.1 Å². The second-order valence-corrected chi connectivity index (χ2v) is 5.47. The van der Waals surface area contributed by atoms with E-state index in [9.17, 15) is 18.8 Å². The Kier molecular flexibility index (Phi) is 6.61. The molecule has 0 fully saturated rings. The quantitative estimate of drug-likeness (QED) is 0.757. The summed E-state index contributed by atoms with van der Waals surface area (Å²) in [5, 5.41) is 13.8. The number of para-hydroxylation sites is 1. The summed E-state index contributed by atoms with van der Waals surface area (Å²) in [6.07, 6.45) is -1.13. The predicted molar refractivity (Wildman–Crippen MR) is 94.1 cm³/mol. The molecule has 2 aromatic rings. The molecule has 7 nitrogen and oxygen atoms in total. The van der Waals surface area contributed by atoms with Crippen LogP contribution in [0.3, 0.4) is 0 Å². The molecule has 2 N–H and O–H groups in total. The van der Waals surface area contributed by atoms with Gasteiger partial charge in [-0.25, -0.2) is 4.39 Å². The van der Waals surface area contributed by atoms with Gasteiger partial charge in [0.05, 0.1) is 11.3 Å². The maximum Gasteiger partial charge on any atom is 0.326 e. The van der Waals surface area contributed by atoms with Crippen molar-refractivity contribution in [3.8, 4) is 6.07 Å². The SMILES string of the molecule is C[C@@H](OC(=O)CNC(=O)c1ccc(F)cc1)C(=O)Nc1ccccc1C#N. The highest BCUT2D eigenvalue weighted by molar-refractivity contribution is 5.97. The van der Waals surface area contributed by atoms with Gasteiger partial charge in [-0.05, 0) is 43.3 Å². The molecule has 0 aliphatic rings. The molecule has 0 aliphatic heterocycles. The number of nitrogens with zero attached hydrogens (tertiary/aromatic N) is 1. The van der Waals surface area contributed by atoms with Gasteiger partial charge in [-0.1, -0.05) is 12.1 Å². The Bertz CT molecular complexity index is 891. The first-order chi connectivity index (χ1) is 12.9. The average Bonchev–Trinajstić information content (AvgIpc) is 2.67. The maximum absolute atomic E-state index is 12.8. The Balaban J connectivity index is 1.84. The summed E-state index contributed by atoms with van der Waals surface area (Å²) < 4.78 is 17.8. The van der Waals surface area contributed by atoms with Crippen LogP contribution >= 0.6 is 0 Å². The van der Waals surface area contributed by atoms with Crippen molar-refractivity contribution in [3.05, 3.63) is 65.5 Å². The Morgan fingerprint density at radius 2 is 1.81 bits per heavy atom. The van der Waals surface area contributed by atoms with Crippen LogP contribution in [-0.4, -0.2) is 30.4 Å². The smallest absolute Gasteiger partial charge is 0.326 e. The van der Waals surface area contributed by atoms with Gasteiger partial charge in [0, 0.05) is 5.56 Å². The first-order valence-electron chi connectivity index (χ1n) is 7.94. The number of anilines is 1. The molecule has 27 heavy (non-hydrogen) atoms. The molecular formula is C19H16FN3O4.